The van der Waals surface area contributed by atoms with E-state index in [-0.39, 0.29) is 5.95 Å². The van der Waals surface area contributed by atoms with Crippen LogP contribution in [0.3, 0.4) is 0 Å². The average molecular weight is 275 g/mol. The molecule has 10 heteroatoms. The number of anilines is 1. The maximum absolute atomic E-state index is 5.68. The minimum absolute atomic E-state index is 0.142. The van der Waals surface area contributed by atoms with Crippen LogP contribution in [0.2, 0.25) is 0 Å². The van der Waals surface area contributed by atoms with Gasteiger partial charge in [0.25, 0.3) is 0 Å². The van der Waals surface area contributed by atoms with Crippen LogP contribution < -0.4 is 5.73 Å². The summed E-state index contributed by atoms with van der Waals surface area (Å²) in [5.74, 6) is 0.554. The Bertz CT molecular complexity index is 690. The van der Waals surface area contributed by atoms with Gasteiger partial charge in [-0.15, -0.1) is 0 Å². The van der Waals surface area contributed by atoms with Crippen LogP contribution in [0, 0.1) is 0 Å². The number of aromatic nitrogens is 8. The number of nitrogen functional groups attached to an aromatic ring is 1. The Morgan fingerprint density at radius 2 is 2.16 bits per heavy atom. The fourth-order valence-corrected chi connectivity index (χ4v) is 2.07. The molecule has 0 unspecified atom stereocenters. The van der Waals surface area contributed by atoms with Gasteiger partial charge in [0.05, 0.1) is 0 Å². The van der Waals surface area contributed by atoms with Gasteiger partial charge in [0.1, 0.15) is 12.7 Å². The molecule has 9 nitrogen and oxygen atoms in total. The number of nitrogens with zero attached hydrogens (tertiary/aromatic N) is 8. The number of hydrogen-bond donors (Lipinski definition) is 1. The van der Waals surface area contributed by atoms with Crippen molar-refractivity contribution in [3.63, 3.8) is 0 Å². The maximum atomic E-state index is 5.68. The average Bonchev–Trinajstić information content (AvgIpc) is 3.01. The van der Waals surface area contributed by atoms with Crippen molar-refractivity contribution in [2.45, 2.75) is 10.3 Å². The van der Waals surface area contributed by atoms with Gasteiger partial charge in [-0.25, -0.2) is 14.6 Å². The van der Waals surface area contributed by atoms with Crippen molar-refractivity contribution in [2.24, 2.45) is 7.05 Å². The van der Waals surface area contributed by atoms with Crippen molar-refractivity contribution in [1.29, 1.82) is 0 Å². The summed E-state index contributed by atoms with van der Waals surface area (Å²) < 4.78 is 3.28. The van der Waals surface area contributed by atoms with Crippen LogP contribution in [0.1, 0.15) is 0 Å². The van der Waals surface area contributed by atoms with E-state index in [4.69, 9.17) is 5.73 Å². The van der Waals surface area contributed by atoms with Crippen LogP contribution >= 0.6 is 11.8 Å². The molecule has 19 heavy (non-hydrogen) atoms. The molecule has 0 bridgehead atoms. The minimum atomic E-state index is 0.142. The highest BCUT2D eigenvalue weighted by Crippen LogP contribution is 2.22. The van der Waals surface area contributed by atoms with E-state index in [0.29, 0.717) is 16.3 Å². The summed E-state index contributed by atoms with van der Waals surface area (Å²) in [5, 5.41) is 5.09. The van der Waals surface area contributed by atoms with Gasteiger partial charge in [0.15, 0.2) is 5.16 Å². The van der Waals surface area contributed by atoms with Gasteiger partial charge in [-0.1, -0.05) is 0 Å². The van der Waals surface area contributed by atoms with Gasteiger partial charge in [-0.05, 0) is 11.8 Å². The van der Waals surface area contributed by atoms with E-state index in [0.717, 1.165) is 0 Å². The van der Waals surface area contributed by atoms with Crippen LogP contribution in [0.15, 0.2) is 35.4 Å². The SMILES string of the molecule is Cn1ncnc1Sc1nc(N)nc(-n2ccnc2)n1. The van der Waals surface area contributed by atoms with E-state index in [1.54, 1.807) is 35.0 Å². The van der Waals surface area contributed by atoms with Crippen molar-refractivity contribution in [3.8, 4) is 5.95 Å². The summed E-state index contributed by atoms with van der Waals surface area (Å²) in [5.41, 5.74) is 5.68. The highest BCUT2D eigenvalue weighted by molar-refractivity contribution is 7.99. The molecule has 0 aliphatic rings. The van der Waals surface area contributed by atoms with E-state index in [2.05, 4.69) is 30.0 Å². The zero-order chi connectivity index (χ0) is 13.2. The molecule has 0 aliphatic heterocycles. The number of hydrogen-bond acceptors (Lipinski definition) is 8. The molecular formula is C9H9N9S. The third-order valence-electron chi connectivity index (χ3n) is 2.21. The Balaban J connectivity index is 1.96. The second-order valence-electron chi connectivity index (χ2n) is 3.51. The molecule has 0 saturated carbocycles. The Hall–Kier alpha value is -2.49. The van der Waals surface area contributed by atoms with Crippen molar-refractivity contribution in [3.05, 3.63) is 25.0 Å². The Kier molecular flexibility index (Phi) is 2.83. The number of nitrogens with two attached hydrogens (primary N) is 1. The first-order valence-electron chi connectivity index (χ1n) is 5.24. The molecule has 96 valence electrons. The van der Waals surface area contributed by atoms with Crippen molar-refractivity contribution in [2.75, 3.05) is 5.73 Å². The summed E-state index contributed by atoms with van der Waals surface area (Å²) in [4.78, 5) is 20.4. The van der Waals surface area contributed by atoms with Gasteiger partial charge in [0, 0.05) is 19.4 Å². The normalized spacial score (nSPS) is 10.8. The molecule has 0 aromatic carbocycles. The van der Waals surface area contributed by atoms with Crippen molar-refractivity contribution >= 4 is 17.7 Å². The molecule has 0 radical (unpaired) electrons. The lowest BCUT2D eigenvalue weighted by Crippen LogP contribution is -2.06. The predicted molar refractivity (Wildman–Crippen MR) is 66.5 cm³/mol. The molecule has 0 atom stereocenters. The Labute approximate surface area is 111 Å². The summed E-state index contributed by atoms with van der Waals surface area (Å²) >= 11 is 1.26. The summed E-state index contributed by atoms with van der Waals surface area (Å²) in [6, 6.07) is 0. The molecule has 2 N–H and O–H groups in total. The second kappa shape index (κ2) is 4.65. The van der Waals surface area contributed by atoms with E-state index in [9.17, 15) is 0 Å². The molecule has 0 amide bonds. The van der Waals surface area contributed by atoms with E-state index in [1.807, 2.05) is 0 Å². The second-order valence-corrected chi connectivity index (χ2v) is 4.45. The van der Waals surface area contributed by atoms with Crippen LogP contribution in [0.25, 0.3) is 5.95 Å². The molecule has 0 spiro atoms. The van der Waals surface area contributed by atoms with Gasteiger partial charge in [0.2, 0.25) is 17.1 Å². The standard InChI is InChI=1S/C9H9N9S/c1-17-9(12-4-13-17)19-8-15-6(10)14-7(16-8)18-3-2-11-5-18/h2-5H,1H3,(H2,10,14,15,16). The number of imidazole rings is 1. The monoisotopic (exact) mass is 275 g/mol. The van der Waals surface area contributed by atoms with E-state index >= 15 is 0 Å². The first-order chi connectivity index (χ1) is 9.22. The van der Waals surface area contributed by atoms with Crippen LogP contribution in [0.5, 0.6) is 0 Å². The van der Waals surface area contributed by atoms with Crippen molar-refractivity contribution < 1.29 is 0 Å². The number of aryl methyl sites for hydroxylation is 1. The summed E-state index contributed by atoms with van der Waals surface area (Å²) in [7, 11) is 1.79. The lowest BCUT2D eigenvalue weighted by molar-refractivity contribution is 0.683. The quantitative estimate of drug-likeness (QED) is 0.706. The lowest BCUT2D eigenvalue weighted by atomic mass is 10.8. The molecule has 3 heterocycles. The topological polar surface area (TPSA) is 113 Å². The van der Waals surface area contributed by atoms with E-state index < -0.39 is 0 Å². The molecule has 0 saturated heterocycles. The Morgan fingerprint density at radius 1 is 1.26 bits per heavy atom. The predicted octanol–water partition coefficient (Wildman–Crippen LogP) is -0.0808. The fraction of sp³-hybridized carbons (Fsp3) is 0.111. The van der Waals surface area contributed by atoms with Gasteiger partial charge < -0.3 is 5.73 Å². The molecular weight excluding hydrogens is 266 g/mol. The smallest absolute Gasteiger partial charge is 0.240 e. The van der Waals surface area contributed by atoms with E-state index in [1.165, 1.54) is 18.1 Å². The van der Waals surface area contributed by atoms with Gasteiger partial charge in [-0.2, -0.15) is 20.1 Å². The third kappa shape index (κ3) is 2.38. The fourth-order valence-electron chi connectivity index (χ4n) is 1.36. The van der Waals surface area contributed by atoms with Crippen LogP contribution in [-0.2, 0) is 7.05 Å². The third-order valence-corrected chi connectivity index (χ3v) is 3.13. The highest BCUT2D eigenvalue weighted by atomic mass is 32.2. The first kappa shape index (κ1) is 11.6. The maximum Gasteiger partial charge on any atom is 0.240 e. The summed E-state index contributed by atoms with van der Waals surface area (Å²) in [6.45, 7) is 0. The van der Waals surface area contributed by atoms with Crippen LogP contribution in [-0.4, -0.2) is 39.3 Å². The van der Waals surface area contributed by atoms with Gasteiger partial charge in [-0.3, -0.25) is 4.57 Å². The van der Waals surface area contributed by atoms with Gasteiger partial charge >= 0.3 is 0 Å². The molecule has 0 fully saturated rings. The molecule has 3 aromatic rings. The number of rotatable bonds is 3. The Morgan fingerprint density at radius 3 is 2.84 bits per heavy atom. The molecule has 3 aromatic heterocycles. The lowest BCUT2D eigenvalue weighted by Gasteiger charge is -2.04. The van der Waals surface area contributed by atoms with Crippen LogP contribution in [0.4, 0.5) is 5.95 Å². The van der Waals surface area contributed by atoms with Crippen molar-refractivity contribution in [1.82, 2.24) is 39.3 Å². The highest BCUT2D eigenvalue weighted by Gasteiger charge is 2.10. The molecule has 0 aliphatic carbocycles. The molecule has 3 rings (SSSR count). The summed E-state index contributed by atoms with van der Waals surface area (Å²) in [6.07, 6.45) is 6.41. The first-order valence-corrected chi connectivity index (χ1v) is 6.06. The zero-order valence-corrected chi connectivity index (χ0v) is 10.7. The zero-order valence-electron chi connectivity index (χ0n) is 9.87. The largest absolute Gasteiger partial charge is 0.368 e. The minimum Gasteiger partial charge on any atom is -0.368 e.